The summed E-state index contributed by atoms with van der Waals surface area (Å²) in [6.45, 7) is 12.8. The molecule has 1 aliphatic heterocycles. The SMILES string of the molecule is CC(C)(C)OC(=O)NC(c1cc(F)cc(F)c1)[C@H](O)CNC1(c2cccc(C(C)(C)C)c2)CCC2(CC1)OCCO2. The fourth-order valence-corrected chi connectivity index (χ4v) is 5.70. The third-order valence-corrected chi connectivity index (χ3v) is 7.91. The average Bonchev–Trinajstić information content (AvgIpc) is 3.33. The van der Waals surface area contributed by atoms with Gasteiger partial charge in [0.1, 0.15) is 17.2 Å². The van der Waals surface area contributed by atoms with Crippen LogP contribution >= 0.6 is 0 Å². The summed E-state index contributed by atoms with van der Waals surface area (Å²) in [5.41, 5.74) is 0.987. The van der Waals surface area contributed by atoms with Crippen molar-refractivity contribution >= 4 is 6.09 Å². The van der Waals surface area contributed by atoms with Gasteiger partial charge in [-0.1, -0.05) is 45.0 Å². The molecule has 2 aromatic rings. The van der Waals surface area contributed by atoms with E-state index in [9.17, 15) is 18.7 Å². The lowest BCUT2D eigenvalue weighted by molar-refractivity contribution is -0.187. The third kappa shape index (κ3) is 7.83. The maximum Gasteiger partial charge on any atom is 0.408 e. The van der Waals surface area contributed by atoms with Crippen LogP contribution in [0.2, 0.25) is 0 Å². The van der Waals surface area contributed by atoms with E-state index in [2.05, 4.69) is 49.6 Å². The van der Waals surface area contributed by atoms with Gasteiger partial charge >= 0.3 is 6.09 Å². The van der Waals surface area contributed by atoms with E-state index >= 15 is 0 Å². The number of hydrogen-bond donors (Lipinski definition) is 3. The second-order valence-electron chi connectivity index (χ2n) is 13.3. The summed E-state index contributed by atoms with van der Waals surface area (Å²) in [5.74, 6) is -2.20. The summed E-state index contributed by atoms with van der Waals surface area (Å²) in [5, 5.41) is 17.7. The molecule has 3 N–H and O–H groups in total. The highest BCUT2D eigenvalue weighted by molar-refractivity contribution is 5.68. The Bertz CT molecular complexity index is 1190. The molecule has 1 unspecified atom stereocenters. The first kappa shape index (κ1) is 31.3. The van der Waals surface area contributed by atoms with Gasteiger partial charge in [0.25, 0.3) is 0 Å². The molecule has 2 aromatic carbocycles. The molecule has 41 heavy (non-hydrogen) atoms. The zero-order chi connectivity index (χ0) is 30.1. The van der Waals surface area contributed by atoms with Crippen molar-refractivity contribution < 1.29 is 32.9 Å². The van der Waals surface area contributed by atoms with Crippen LogP contribution in [0.25, 0.3) is 0 Å². The molecule has 9 heteroatoms. The van der Waals surface area contributed by atoms with Crippen molar-refractivity contribution in [2.75, 3.05) is 19.8 Å². The van der Waals surface area contributed by atoms with Gasteiger partial charge in [0.2, 0.25) is 0 Å². The van der Waals surface area contributed by atoms with E-state index in [1.165, 1.54) is 5.56 Å². The second-order valence-corrected chi connectivity index (χ2v) is 13.3. The van der Waals surface area contributed by atoms with E-state index in [-0.39, 0.29) is 17.5 Å². The van der Waals surface area contributed by atoms with Crippen LogP contribution in [0.15, 0.2) is 42.5 Å². The molecule has 0 radical (unpaired) electrons. The topological polar surface area (TPSA) is 89.1 Å². The molecule has 0 aromatic heterocycles. The normalized spacial score (nSPS) is 20.0. The van der Waals surface area contributed by atoms with E-state index in [0.717, 1.165) is 23.8 Å². The zero-order valence-corrected chi connectivity index (χ0v) is 25.0. The van der Waals surface area contributed by atoms with Crippen molar-refractivity contribution in [3.05, 3.63) is 70.8 Å². The number of amides is 1. The maximum atomic E-state index is 14.2. The predicted octanol–water partition coefficient (Wildman–Crippen LogP) is 5.99. The smallest absolute Gasteiger partial charge is 0.408 e. The van der Waals surface area contributed by atoms with Gasteiger partial charge in [-0.15, -0.1) is 0 Å². The Labute approximate surface area is 242 Å². The number of halogens is 2. The van der Waals surface area contributed by atoms with Crippen molar-refractivity contribution in [2.45, 2.75) is 102 Å². The van der Waals surface area contributed by atoms with E-state index in [0.29, 0.717) is 38.9 Å². The van der Waals surface area contributed by atoms with Gasteiger partial charge in [0.05, 0.1) is 25.4 Å². The quantitative estimate of drug-likeness (QED) is 0.377. The molecule has 2 aliphatic rings. The molecule has 1 saturated heterocycles. The Hall–Kier alpha value is -2.59. The largest absolute Gasteiger partial charge is 0.444 e. The molecule has 2 fully saturated rings. The first-order valence-electron chi connectivity index (χ1n) is 14.4. The van der Waals surface area contributed by atoms with Crippen molar-refractivity contribution in [3.63, 3.8) is 0 Å². The minimum Gasteiger partial charge on any atom is -0.444 e. The molecule has 4 rings (SSSR count). The van der Waals surface area contributed by atoms with Crippen molar-refractivity contribution in [1.29, 1.82) is 0 Å². The lowest BCUT2D eigenvalue weighted by atomic mass is 9.72. The number of benzene rings is 2. The Balaban J connectivity index is 1.62. The third-order valence-electron chi connectivity index (χ3n) is 7.91. The molecule has 1 spiro atoms. The molecular formula is C32H44F2N2O5. The molecular weight excluding hydrogens is 530 g/mol. The van der Waals surface area contributed by atoms with E-state index < -0.39 is 46.8 Å². The minimum atomic E-state index is -1.23. The molecule has 7 nitrogen and oxygen atoms in total. The minimum absolute atomic E-state index is 0.0348. The summed E-state index contributed by atoms with van der Waals surface area (Å²) in [4.78, 5) is 12.7. The molecule has 0 bridgehead atoms. The molecule has 1 aliphatic carbocycles. The Kier molecular flexibility index (Phi) is 9.14. The first-order valence-corrected chi connectivity index (χ1v) is 14.4. The zero-order valence-electron chi connectivity index (χ0n) is 25.0. The van der Waals surface area contributed by atoms with Gasteiger partial charge in [-0.3, -0.25) is 0 Å². The highest BCUT2D eigenvalue weighted by Crippen LogP contribution is 2.45. The number of alkyl carbamates (subject to hydrolysis) is 1. The lowest BCUT2D eigenvalue weighted by Gasteiger charge is -2.45. The van der Waals surface area contributed by atoms with E-state index in [1.54, 1.807) is 20.8 Å². The fraction of sp³-hybridized carbons (Fsp3) is 0.594. The number of aliphatic hydroxyl groups excluding tert-OH is 1. The molecule has 2 atom stereocenters. The molecule has 226 valence electrons. The number of aliphatic hydroxyl groups is 1. The van der Waals surface area contributed by atoms with Gasteiger partial charge in [0.15, 0.2) is 5.79 Å². The first-order chi connectivity index (χ1) is 19.1. The molecule has 1 saturated carbocycles. The highest BCUT2D eigenvalue weighted by Gasteiger charge is 2.47. The van der Waals surface area contributed by atoms with Crippen LogP contribution in [0, 0.1) is 11.6 Å². The van der Waals surface area contributed by atoms with Crippen LogP contribution in [-0.2, 0) is 25.2 Å². The maximum absolute atomic E-state index is 14.2. The number of rotatable bonds is 7. The van der Waals surface area contributed by atoms with Crippen LogP contribution in [0.4, 0.5) is 13.6 Å². The summed E-state index contributed by atoms with van der Waals surface area (Å²) in [7, 11) is 0. The van der Waals surface area contributed by atoms with Gasteiger partial charge < -0.3 is 30.0 Å². The lowest BCUT2D eigenvalue weighted by Crippen LogP contribution is -2.53. The molecule has 1 amide bonds. The van der Waals surface area contributed by atoms with E-state index in [4.69, 9.17) is 14.2 Å². The fourth-order valence-electron chi connectivity index (χ4n) is 5.70. The number of ether oxygens (including phenoxy) is 3. The van der Waals surface area contributed by atoms with Gasteiger partial charge in [-0.25, -0.2) is 13.6 Å². The van der Waals surface area contributed by atoms with E-state index in [1.807, 2.05) is 6.07 Å². The average molecular weight is 575 g/mol. The van der Waals surface area contributed by atoms with Crippen molar-refractivity contribution in [1.82, 2.24) is 10.6 Å². The monoisotopic (exact) mass is 574 g/mol. The Morgan fingerprint density at radius 1 is 0.976 bits per heavy atom. The van der Waals surface area contributed by atoms with Gasteiger partial charge in [0, 0.05) is 31.0 Å². The van der Waals surface area contributed by atoms with Crippen molar-refractivity contribution in [3.8, 4) is 0 Å². The van der Waals surface area contributed by atoms with Crippen molar-refractivity contribution in [2.24, 2.45) is 0 Å². The van der Waals surface area contributed by atoms with Crippen LogP contribution in [0.1, 0.15) is 90.0 Å². The van der Waals surface area contributed by atoms with Crippen LogP contribution in [-0.4, -0.2) is 48.5 Å². The summed E-state index contributed by atoms with van der Waals surface area (Å²) in [6, 6.07) is 10.3. The summed E-state index contributed by atoms with van der Waals surface area (Å²) < 4.78 is 45.7. The van der Waals surface area contributed by atoms with Gasteiger partial charge in [-0.05, 0) is 67.9 Å². The Morgan fingerprint density at radius 2 is 1.59 bits per heavy atom. The predicted molar refractivity (Wildman–Crippen MR) is 152 cm³/mol. The standard InChI is InChI=1S/C32H44F2N2O5/c1-29(2,3)22-8-7-9-23(18-22)31(10-12-32(13-11-31)39-14-15-40-32)35-20-26(37)27(36-28(38)41-30(4,5)6)21-16-24(33)19-25(34)17-21/h7-9,16-19,26-27,35,37H,10-15,20H2,1-6H3,(H,36,38)/t26-,27?/m1/s1. The summed E-state index contributed by atoms with van der Waals surface area (Å²) in [6.07, 6.45) is 0.683. The summed E-state index contributed by atoms with van der Waals surface area (Å²) >= 11 is 0. The molecule has 1 heterocycles. The number of hydrogen-bond acceptors (Lipinski definition) is 6. The van der Waals surface area contributed by atoms with Crippen LogP contribution in [0.5, 0.6) is 0 Å². The second kappa shape index (κ2) is 12.0. The van der Waals surface area contributed by atoms with Gasteiger partial charge in [-0.2, -0.15) is 0 Å². The highest BCUT2D eigenvalue weighted by atomic mass is 19.1. The Morgan fingerprint density at radius 3 is 2.15 bits per heavy atom. The van der Waals surface area contributed by atoms with Crippen LogP contribution in [0.3, 0.4) is 0 Å². The number of carbonyl (C=O) groups is 1. The van der Waals surface area contributed by atoms with Crippen LogP contribution < -0.4 is 10.6 Å². The number of carbonyl (C=O) groups excluding carboxylic acids is 1. The number of nitrogens with one attached hydrogen (secondary N) is 2.